The Hall–Kier alpha value is -0.0500. The van der Waals surface area contributed by atoms with Crippen molar-refractivity contribution in [1.29, 1.82) is 0 Å². The summed E-state index contributed by atoms with van der Waals surface area (Å²) in [6, 6.07) is 0. The van der Waals surface area contributed by atoms with E-state index < -0.39 is 0 Å². The van der Waals surface area contributed by atoms with Gasteiger partial charge < -0.3 is 9.47 Å². The van der Waals surface area contributed by atoms with E-state index in [9.17, 15) is 0 Å². The van der Waals surface area contributed by atoms with Gasteiger partial charge in [-0.3, -0.25) is 0 Å². The second-order valence-corrected chi connectivity index (χ2v) is 4.31. The molecule has 0 amide bonds. The van der Waals surface area contributed by atoms with Crippen LogP contribution in [0.2, 0.25) is 0 Å². The summed E-state index contributed by atoms with van der Waals surface area (Å²) in [5, 5.41) is 0. The van der Waals surface area contributed by atoms with Crippen molar-refractivity contribution in [2.45, 2.75) is 58.7 Å². The molecule has 0 aliphatic rings. The summed E-state index contributed by atoms with van der Waals surface area (Å²) in [4.78, 5) is 0. The van der Waals surface area contributed by atoms with Crippen molar-refractivity contribution < 1.29 is 9.47 Å². The van der Waals surface area contributed by atoms with E-state index in [0.29, 0.717) is 0 Å². The summed E-state index contributed by atoms with van der Waals surface area (Å²) in [5.74, 6) is 0.723. The SMILES string of the molecule is CCOC(CCCCC/C=C\CCCl)OCC. The molecule has 3 heteroatoms. The third kappa shape index (κ3) is 12.2. The lowest BCUT2D eigenvalue weighted by molar-refractivity contribution is -0.140. The van der Waals surface area contributed by atoms with Crippen LogP contribution in [0.5, 0.6) is 0 Å². The Morgan fingerprint density at radius 3 is 2.18 bits per heavy atom. The number of ether oxygens (including phenoxy) is 2. The first kappa shape index (κ1) is 16.9. The minimum absolute atomic E-state index is 0.00297. The Morgan fingerprint density at radius 1 is 0.941 bits per heavy atom. The van der Waals surface area contributed by atoms with Gasteiger partial charge in [0.1, 0.15) is 0 Å². The predicted octanol–water partition coefficient (Wildman–Crippen LogP) is 4.52. The Morgan fingerprint density at radius 2 is 1.59 bits per heavy atom. The molecule has 0 aromatic carbocycles. The molecule has 102 valence electrons. The first-order valence-electron chi connectivity index (χ1n) is 6.79. The predicted molar refractivity (Wildman–Crippen MR) is 74.6 cm³/mol. The summed E-state index contributed by atoms with van der Waals surface area (Å²) in [6.45, 7) is 5.47. The van der Waals surface area contributed by atoms with Gasteiger partial charge in [0.05, 0.1) is 0 Å². The molecule has 0 aliphatic heterocycles. The van der Waals surface area contributed by atoms with E-state index in [2.05, 4.69) is 12.2 Å². The average Bonchev–Trinajstić information content (AvgIpc) is 2.33. The van der Waals surface area contributed by atoms with Crippen molar-refractivity contribution in [2.75, 3.05) is 19.1 Å². The van der Waals surface area contributed by atoms with Gasteiger partial charge in [0.25, 0.3) is 0 Å². The average molecular weight is 263 g/mol. The van der Waals surface area contributed by atoms with Crippen molar-refractivity contribution >= 4 is 11.6 Å². The molecule has 0 heterocycles. The first-order chi connectivity index (χ1) is 8.35. The van der Waals surface area contributed by atoms with Crippen LogP contribution in [0.3, 0.4) is 0 Å². The van der Waals surface area contributed by atoms with Gasteiger partial charge >= 0.3 is 0 Å². The fourth-order valence-corrected chi connectivity index (χ4v) is 1.76. The minimum Gasteiger partial charge on any atom is -0.353 e. The van der Waals surface area contributed by atoms with Crippen molar-refractivity contribution in [1.82, 2.24) is 0 Å². The number of unbranched alkanes of at least 4 members (excludes halogenated alkanes) is 3. The summed E-state index contributed by atoms with van der Waals surface area (Å²) in [5.41, 5.74) is 0. The molecule has 2 nitrogen and oxygen atoms in total. The number of hydrogen-bond donors (Lipinski definition) is 0. The van der Waals surface area contributed by atoms with E-state index in [1.165, 1.54) is 19.3 Å². The Balaban J connectivity index is 3.35. The van der Waals surface area contributed by atoms with Crippen LogP contribution < -0.4 is 0 Å². The molecule has 0 bridgehead atoms. The lowest BCUT2D eigenvalue weighted by Crippen LogP contribution is -2.17. The molecule has 0 spiro atoms. The van der Waals surface area contributed by atoms with E-state index in [1.807, 2.05) is 13.8 Å². The summed E-state index contributed by atoms with van der Waals surface area (Å²) in [6.07, 6.45) is 11.2. The molecule has 0 fully saturated rings. The highest BCUT2D eigenvalue weighted by Gasteiger charge is 2.06. The molecule has 0 rings (SSSR count). The summed E-state index contributed by atoms with van der Waals surface area (Å²) < 4.78 is 11.0. The van der Waals surface area contributed by atoms with Crippen LogP contribution in [0.15, 0.2) is 12.2 Å². The Kier molecular flexibility index (Phi) is 14.0. The van der Waals surface area contributed by atoms with Crippen molar-refractivity contribution in [3.63, 3.8) is 0 Å². The number of allylic oxidation sites excluding steroid dienone is 2. The molecular formula is C14H27ClO2. The smallest absolute Gasteiger partial charge is 0.157 e. The zero-order valence-corrected chi connectivity index (χ0v) is 12.0. The van der Waals surface area contributed by atoms with Gasteiger partial charge in [-0.15, -0.1) is 11.6 Å². The maximum atomic E-state index is 5.58. The van der Waals surface area contributed by atoms with E-state index >= 15 is 0 Å². The molecular weight excluding hydrogens is 236 g/mol. The third-order valence-electron chi connectivity index (χ3n) is 2.46. The van der Waals surface area contributed by atoms with Crippen LogP contribution in [0.4, 0.5) is 0 Å². The van der Waals surface area contributed by atoms with Gasteiger partial charge in [-0.1, -0.05) is 18.6 Å². The summed E-state index contributed by atoms with van der Waals surface area (Å²) in [7, 11) is 0. The first-order valence-corrected chi connectivity index (χ1v) is 7.32. The van der Waals surface area contributed by atoms with Crippen LogP contribution >= 0.6 is 11.6 Å². The van der Waals surface area contributed by atoms with Crippen LogP contribution in [-0.2, 0) is 9.47 Å². The standard InChI is InChI=1S/C14H27ClO2/c1-3-16-14(17-4-2)12-10-8-6-5-7-9-11-13-15/h7,9,14H,3-6,8,10-13H2,1-2H3/b9-7-. The second kappa shape index (κ2) is 14.0. The van der Waals surface area contributed by atoms with Gasteiger partial charge in [-0.05, 0) is 46.0 Å². The number of hydrogen-bond acceptors (Lipinski definition) is 2. The molecule has 0 N–H and O–H groups in total. The van der Waals surface area contributed by atoms with Crippen molar-refractivity contribution in [3.05, 3.63) is 12.2 Å². The van der Waals surface area contributed by atoms with Gasteiger partial charge in [-0.25, -0.2) is 0 Å². The molecule has 0 aliphatic carbocycles. The van der Waals surface area contributed by atoms with Crippen LogP contribution in [0.1, 0.15) is 52.4 Å². The Labute approximate surface area is 111 Å². The van der Waals surface area contributed by atoms with Gasteiger partial charge in [0, 0.05) is 19.1 Å². The molecule has 0 aromatic heterocycles. The monoisotopic (exact) mass is 262 g/mol. The molecule has 17 heavy (non-hydrogen) atoms. The molecule has 0 saturated carbocycles. The van der Waals surface area contributed by atoms with Crippen molar-refractivity contribution in [2.24, 2.45) is 0 Å². The zero-order chi connectivity index (χ0) is 12.8. The number of alkyl halides is 1. The highest BCUT2D eigenvalue weighted by atomic mass is 35.5. The third-order valence-corrected chi connectivity index (χ3v) is 2.68. The van der Waals surface area contributed by atoms with E-state index in [-0.39, 0.29) is 6.29 Å². The van der Waals surface area contributed by atoms with Crippen LogP contribution in [-0.4, -0.2) is 25.4 Å². The molecule has 0 radical (unpaired) electrons. The maximum absolute atomic E-state index is 5.58. The topological polar surface area (TPSA) is 18.5 Å². The molecule has 0 unspecified atom stereocenters. The van der Waals surface area contributed by atoms with Gasteiger partial charge in [0.2, 0.25) is 0 Å². The van der Waals surface area contributed by atoms with Crippen LogP contribution in [0.25, 0.3) is 0 Å². The number of halogens is 1. The quantitative estimate of drug-likeness (QED) is 0.223. The van der Waals surface area contributed by atoms with E-state index in [4.69, 9.17) is 21.1 Å². The lowest BCUT2D eigenvalue weighted by atomic mass is 10.1. The normalized spacial score (nSPS) is 11.8. The minimum atomic E-state index is -0.00297. The van der Waals surface area contributed by atoms with Gasteiger partial charge in [-0.2, -0.15) is 0 Å². The number of rotatable bonds is 12. The van der Waals surface area contributed by atoms with Gasteiger partial charge in [0.15, 0.2) is 6.29 Å². The highest BCUT2D eigenvalue weighted by Crippen LogP contribution is 2.10. The molecule has 0 atom stereocenters. The second-order valence-electron chi connectivity index (χ2n) is 3.93. The zero-order valence-electron chi connectivity index (χ0n) is 11.3. The van der Waals surface area contributed by atoms with E-state index in [1.54, 1.807) is 0 Å². The maximum Gasteiger partial charge on any atom is 0.157 e. The highest BCUT2D eigenvalue weighted by molar-refractivity contribution is 6.17. The summed E-state index contributed by atoms with van der Waals surface area (Å²) >= 11 is 5.58. The largest absolute Gasteiger partial charge is 0.353 e. The van der Waals surface area contributed by atoms with Crippen LogP contribution in [0, 0.1) is 0 Å². The Bertz CT molecular complexity index is 166. The molecule has 0 saturated heterocycles. The lowest BCUT2D eigenvalue weighted by Gasteiger charge is -2.16. The van der Waals surface area contributed by atoms with E-state index in [0.717, 1.165) is 38.4 Å². The fraction of sp³-hybridized carbons (Fsp3) is 0.857. The van der Waals surface area contributed by atoms with Crippen molar-refractivity contribution in [3.8, 4) is 0 Å². The molecule has 0 aromatic rings. The fourth-order valence-electron chi connectivity index (χ4n) is 1.64.